The van der Waals surface area contributed by atoms with Crippen molar-refractivity contribution in [3.05, 3.63) is 48.2 Å². The first-order chi connectivity index (χ1) is 18.6. The summed E-state index contributed by atoms with van der Waals surface area (Å²) in [5, 5.41) is 8.08. The van der Waals surface area contributed by atoms with Crippen LogP contribution in [-0.2, 0) is 22.7 Å². The van der Waals surface area contributed by atoms with E-state index in [-0.39, 0.29) is 54.4 Å². The van der Waals surface area contributed by atoms with Gasteiger partial charge in [0.15, 0.2) is 11.6 Å². The summed E-state index contributed by atoms with van der Waals surface area (Å²) in [7, 11) is 0. The molecule has 3 aliphatic rings. The number of likely N-dealkylation sites (tertiary alicyclic amines) is 1. The molecule has 2 aliphatic carbocycles. The highest BCUT2D eigenvalue weighted by Gasteiger charge is 2.58. The lowest BCUT2D eigenvalue weighted by Gasteiger charge is -2.28. The monoisotopic (exact) mass is 570 g/mol. The molecule has 12 heteroatoms. The van der Waals surface area contributed by atoms with Crippen molar-refractivity contribution in [3.63, 3.8) is 0 Å². The van der Waals surface area contributed by atoms with Gasteiger partial charge in [-0.1, -0.05) is 0 Å². The van der Waals surface area contributed by atoms with Gasteiger partial charge in [-0.25, -0.2) is 9.97 Å². The molecule has 3 fully saturated rings. The molecule has 2 amide bonds. The minimum absolute atomic E-state index is 0.000553. The van der Waals surface area contributed by atoms with Crippen LogP contribution in [0, 0.1) is 11.8 Å². The Kier molecular flexibility index (Phi) is 6.50. The molecule has 2 aromatic heterocycles. The lowest BCUT2D eigenvalue weighted by Crippen LogP contribution is -2.51. The molecule has 39 heavy (non-hydrogen) atoms. The van der Waals surface area contributed by atoms with Crippen LogP contribution >= 0.6 is 23.2 Å². The smallest absolute Gasteiger partial charge is 0.245 e. The number of Topliss-reactive ketones (excluding diaryl/α,β-unsaturated/α-hetero) is 1. The Bertz CT molecular complexity index is 1460. The summed E-state index contributed by atoms with van der Waals surface area (Å²) < 4.78 is 6.56. The Hall–Kier alpha value is -3.24. The molecule has 1 unspecified atom stereocenters. The first-order valence-electron chi connectivity index (χ1n) is 13.0. The third-order valence-electron chi connectivity index (χ3n) is 7.87. The molecule has 5 atom stereocenters. The lowest BCUT2D eigenvalue weighted by molar-refractivity contribution is -0.140. The zero-order chi connectivity index (χ0) is 27.5. The molecule has 10 nitrogen and oxygen atoms in total. The largest absolute Gasteiger partial charge is 0.486 e. The first-order valence-corrected chi connectivity index (χ1v) is 13.8. The van der Waals surface area contributed by atoms with E-state index in [2.05, 4.69) is 20.4 Å². The number of hydrogen-bond donors (Lipinski definition) is 1. The molecule has 6 rings (SSSR count). The summed E-state index contributed by atoms with van der Waals surface area (Å²) >= 11 is 12.3. The molecule has 1 aromatic carbocycles. The number of ether oxygens (including phenoxy) is 1. The van der Waals surface area contributed by atoms with Gasteiger partial charge in [0.2, 0.25) is 11.8 Å². The summed E-state index contributed by atoms with van der Waals surface area (Å²) in [5.41, 5.74) is 0.885. The average molecular weight is 571 g/mol. The molecule has 1 N–H and O–H groups in total. The number of alkyl halides is 2. The lowest BCUT2D eigenvalue weighted by atomic mass is 10.1. The van der Waals surface area contributed by atoms with Gasteiger partial charge in [0.25, 0.3) is 0 Å². The highest BCUT2D eigenvalue weighted by atomic mass is 35.5. The van der Waals surface area contributed by atoms with Crippen LogP contribution in [0.15, 0.2) is 36.7 Å². The van der Waals surface area contributed by atoms with Crippen molar-refractivity contribution in [2.45, 2.75) is 68.7 Å². The number of carbonyl (C=O) groups excluding carboxylic acids is 3. The van der Waals surface area contributed by atoms with Crippen LogP contribution < -0.4 is 10.1 Å². The van der Waals surface area contributed by atoms with Gasteiger partial charge in [-0.2, -0.15) is 5.10 Å². The van der Waals surface area contributed by atoms with Crippen LogP contribution in [0.25, 0.3) is 10.9 Å². The number of fused-ring (bicyclic) bond motifs is 2. The number of halogens is 2. The van der Waals surface area contributed by atoms with Gasteiger partial charge in [0.05, 0.1) is 5.52 Å². The number of benzene rings is 1. The Morgan fingerprint density at radius 2 is 1.95 bits per heavy atom. The van der Waals surface area contributed by atoms with E-state index < -0.39 is 10.4 Å². The predicted octanol–water partition coefficient (Wildman–Crippen LogP) is 3.30. The summed E-state index contributed by atoms with van der Waals surface area (Å²) in [4.78, 5) is 49.1. The summed E-state index contributed by atoms with van der Waals surface area (Å²) in [6.45, 7) is 3.41. The number of ketones is 1. The van der Waals surface area contributed by atoms with Crippen LogP contribution in [0.2, 0.25) is 0 Å². The molecule has 1 saturated heterocycles. The maximum absolute atomic E-state index is 13.6. The van der Waals surface area contributed by atoms with Gasteiger partial charge in [-0.05, 0) is 56.4 Å². The second-order valence-corrected chi connectivity index (χ2v) is 12.2. The van der Waals surface area contributed by atoms with Crippen molar-refractivity contribution in [2.75, 3.05) is 0 Å². The second-order valence-electron chi connectivity index (χ2n) is 10.7. The number of rotatable bonds is 9. The van der Waals surface area contributed by atoms with Crippen molar-refractivity contribution in [2.24, 2.45) is 11.8 Å². The van der Waals surface area contributed by atoms with E-state index in [0.29, 0.717) is 41.2 Å². The van der Waals surface area contributed by atoms with E-state index in [9.17, 15) is 14.4 Å². The first kappa shape index (κ1) is 26.0. The van der Waals surface area contributed by atoms with E-state index in [4.69, 9.17) is 27.9 Å². The molecule has 3 heterocycles. The van der Waals surface area contributed by atoms with Crippen LogP contribution in [0.1, 0.15) is 49.4 Å². The molecule has 0 spiro atoms. The Balaban J connectivity index is 1.19. The fourth-order valence-electron chi connectivity index (χ4n) is 5.64. The number of piperidine rings is 1. The molecule has 2 saturated carbocycles. The normalized spacial score (nSPS) is 25.2. The zero-order valence-corrected chi connectivity index (χ0v) is 23.0. The topological polar surface area (TPSA) is 119 Å². The minimum Gasteiger partial charge on any atom is -0.486 e. The number of amides is 2. The Labute approximate surface area is 235 Å². The fourth-order valence-corrected chi connectivity index (χ4v) is 6.35. The Morgan fingerprint density at radius 3 is 2.64 bits per heavy atom. The van der Waals surface area contributed by atoms with Crippen LogP contribution in [0.5, 0.6) is 5.75 Å². The minimum atomic E-state index is -0.796. The van der Waals surface area contributed by atoms with Crippen molar-refractivity contribution in [1.82, 2.24) is 30.0 Å². The van der Waals surface area contributed by atoms with Gasteiger partial charge in [0.1, 0.15) is 35.0 Å². The maximum atomic E-state index is 13.6. The van der Waals surface area contributed by atoms with Crippen LogP contribution in [0.3, 0.4) is 0 Å². The van der Waals surface area contributed by atoms with Gasteiger partial charge < -0.3 is 15.0 Å². The van der Waals surface area contributed by atoms with E-state index >= 15 is 0 Å². The summed E-state index contributed by atoms with van der Waals surface area (Å²) in [6, 6.07) is 6.33. The molecule has 1 aliphatic heterocycles. The molecule has 0 bridgehead atoms. The van der Waals surface area contributed by atoms with E-state index in [0.717, 1.165) is 6.42 Å². The van der Waals surface area contributed by atoms with Crippen molar-refractivity contribution >= 4 is 51.7 Å². The fraction of sp³-hybridized carbons (Fsp3) is 0.481. The van der Waals surface area contributed by atoms with Gasteiger partial charge in [-0.15, -0.1) is 23.2 Å². The summed E-state index contributed by atoms with van der Waals surface area (Å²) in [5.74, 6) is 0.782. The zero-order valence-electron chi connectivity index (χ0n) is 21.5. The van der Waals surface area contributed by atoms with Gasteiger partial charge in [0, 0.05) is 42.7 Å². The highest BCUT2D eigenvalue weighted by Crippen LogP contribution is 2.55. The third kappa shape index (κ3) is 5.07. The van der Waals surface area contributed by atoms with Crippen LogP contribution in [0.4, 0.5) is 0 Å². The van der Waals surface area contributed by atoms with E-state index in [1.54, 1.807) is 41.6 Å². The number of aromatic nitrogens is 4. The number of carbonyl (C=O) groups is 3. The number of nitrogens with one attached hydrogen (secondary N) is 1. The molecular formula is C27H28Cl2N6O4. The maximum Gasteiger partial charge on any atom is 0.245 e. The SMILES string of the molecule is CC(=O)c1nn(CC(=O)N2[C@@H]3C[C@@H]3C[C@H]2C(=O)N[C@@H](C)C2CC2(Cl)Cl)c2ccc(OCc3ncccn3)cc12. The highest BCUT2D eigenvalue weighted by molar-refractivity contribution is 6.51. The predicted molar refractivity (Wildman–Crippen MR) is 143 cm³/mol. The number of hydrogen-bond acceptors (Lipinski definition) is 7. The van der Waals surface area contributed by atoms with Crippen LogP contribution in [-0.4, -0.2) is 64.7 Å². The standard InChI is InChI=1S/C27H28Cl2N6O4/c1-14(19-11-27(19,28)29)32-26(38)22-9-16-8-21(16)35(22)24(37)12-34-20-5-4-17(10-18(20)25(33-34)15(2)36)39-13-23-30-6-3-7-31-23/h3-7,10,14,16,19,21-22H,8-9,11-13H2,1-2H3,(H,32,38)/t14-,16+,19?,21+,22-/m0/s1. The van der Waals surface area contributed by atoms with Crippen molar-refractivity contribution in [3.8, 4) is 5.75 Å². The molecule has 204 valence electrons. The third-order valence-corrected chi connectivity index (χ3v) is 8.74. The number of nitrogens with zero attached hydrogens (tertiary/aromatic N) is 5. The van der Waals surface area contributed by atoms with Gasteiger partial charge in [-0.3, -0.25) is 19.1 Å². The molecule has 0 radical (unpaired) electrons. The Morgan fingerprint density at radius 1 is 1.21 bits per heavy atom. The quantitative estimate of drug-likeness (QED) is 0.309. The molecular weight excluding hydrogens is 543 g/mol. The summed E-state index contributed by atoms with van der Waals surface area (Å²) in [6.07, 6.45) is 5.44. The average Bonchev–Trinajstić information content (AvgIpc) is 3.72. The van der Waals surface area contributed by atoms with Crippen molar-refractivity contribution in [1.29, 1.82) is 0 Å². The van der Waals surface area contributed by atoms with Gasteiger partial charge >= 0.3 is 0 Å². The van der Waals surface area contributed by atoms with Crippen molar-refractivity contribution < 1.29 is 19.1 Å². The second kappa shape index (κ2) is 9.75. The molecule has 3 aromatic rings. The van der Waals surface area contributed by atoms with E-state index in [1.165, 1.54) is 11.6 Å². The van der Waals surface area contributed by atoms with E-state index in [1.807, 2.05) is 6.92 Å².